The number of carbonyl (C=O) groups excluding carboxylic acids is 1. The molecule has 0 bridgehead atoms. The second kappa shape index (κ2) is 5.16. The smallest absolute Gasteiger partial charge is 0.305 e. The van der Waals surface area contributed by atoms with Crippen molar-refractivity contribution in [1.82, 2.24) is 15.5 Å². The largest absolute Gasteiger partial charge is 0.481 e. The lowest BCUT2D eigenvalue weighted by atomic mass is 10.1. The minimum Gasteiger partial charge on any atom is -0.481 e. The molecule has 110 valence electrons. The molecular weight excluding hydrogens is 274 g/mol. The van der Waals surface area contributed by atoms with Gasteiger partial charge in [0, 0.05) is 18.2 Å². The molecule has 0 aliphatic heterocycles. The van der Waals surface area contributed by atoms with E-state index in [1.54, 1.807) is 13.0 Å². The standard InChI is InChI=1S/C14H15N3O4/c1-7-12-9(13(20)15-5-4-11(18)19)6-10(8-2-3-8)16-14(12)21-17-7/h6,8H,2-5H2,1H3,(H,15,20)(H,18,19). The van der Waals surface area contributed by atoms with Crippen LogP contribution in [0.1, 0.15) is 46.9 Å². The number of carboxylic acids is 1. The number of rotatable bonds is 5. The normalized spacial score (nSPS) is 14.3. The number of fused-ring (bicyclic) bond motifs is 1. The van der Waals surface area contributed by atoms with Gasteiger partial charge in [-0.05, 0) is 25.8 Å². The monoisotopic (exact) mass is 289 g/mol. The molecule has 0 saturated heterocycles. The van der Waals surface area contributed by atoms with Gasteiger partial charge in [-0.3, -0.25) is 9.59 Å². The van der Waals surface area contributed by atoms with E-state index in [0.29, 0.717) is 28.3 Å². The second-order valence-corrected chi connectivity index (χ2v) is 5.22. The number of nitrogens with zero attached hydrogens (tertiary/aromatic N) is 2. The molecule has 1 aliphatic rings. The Kier molecular flexibility index (Phi) is 3.32. The van der Waals surface area contributed by atoms with Gasteiger partial charge < -0.3 is 14.9 Å². The summed E-state index contributed by atoms with van der Waals surface area (Å²) in [7, 11) is 0. The lowest BCUT2D eigenvalue weighted by Crippen LogP contribution is -2.26. The Labute approximate surface area is 120 Å². The molecule has 1 saturated carbocycles. The van der Waals surface area contributed by atoms with E-state index in [-0.39, 0.29) is 18.9 Å². The Morgan fingerprint density at radius 3 is 2.90 bits per heavy atom. The summed E-state index contributed by atoms with van der Waals surface area (Å²) >= 11 is 0. The first-order valence-corrected chi connectivity index (χ1v) is 6.83. The summed E-state index contributed by atoms with van der Waals surface area (Å²) in [5, 5.41) is 15.7. The Morgan fingerprint density at radius 1 is 1.48 bits per heavy atom. The second-order valence-electron chi connectivity index (χ2n) is 5.22. The molecule has 2 aromatic heterocycles. The molecule has 7 heteroatoms. The van der Waals surface area contributed by atoms with E-state index < -0.39 is 5.97 Å². The van der Waals surface area contributed by atoms with Crippen molar-refractivity contribution in [3.05, 3.63) is 23.0 Å². The maximum absolute atomic E-state index is 12.3. The molecule has 1 fully saturated rings. The summed E-state index contributed by atoms with van der Waals surface area (Å²) in [4.78, 5) is 27.2. The molecule has 0 aromatic carbocycles. The Morgan fingerprint density at radius 2 is 2.24 bits per heavy atom. The summed E-state index contributed by atoms with van der Waals surface area (Å²) in [5.41, 5.74) is 2.25. The van der Waals surface area contributed by atoms with Gasteiger partial charge in [0.05, 0.1) is 23.1 Å². The third kappa shape index (κ3) is 2.72. The highest BCUT2D eigenvalue weighted by Crippen LogP contribution is 2.40. The van der Waals surface area contributed by atoms with Gasteiger partial charge in [-0.1, -0.05) is 5.16 Å². The van der Waals surface area contributed by atoms with Crippen molar-refractivity contribution in [3.8, 4) is 0 Å². The van der Waals surface area contributed by atoms with Crippen LogP contribution < -0.4 is 5.32 Å². The molecule has 2 aromatic rings. The molecule has 21 heavy (non-hydrogen) atoms. The van der Waals surface area contributed by atoms with Gasteiger partial charge in [-0.25, -0.2) is 4.98 Å². The SMILES string of the molecule is Cc1noc2nc(C3CC3)cc(C(=O)NCCC(=O)O)c12. The molecule has 2 heterocycles. The first-order valence-electron chi connectivity index (χ1n) is 6.83. The third-order valence-corrected chi connectivity index (χ3v) is 3.50. The predicted octanol–water partition coefficient (Wildman–Crippen LogP) is 1.61. The Hall–Kier alpha value is -2.44. The lowest BCUT2D eigenvalue weighted by molar-refractivity contribution is -0.136. The van der Waals surface area contributed by atoms with Crippen molar-refractivity contribution in [2.24, 2.45) is 0 Å². The van der Waals surface area contributed by atoms with Gasteiger partial charge in [0.25, 0.3) is 11.6 Å². The van der Waals surface area contributed by atoms with Gasteiger partial charge in [0.1, 0.15) is 0 Å². The van der Waals surface area contributed by atoms with E-state index in [1.165, 1.54) is 0 Å². The van der Waals surface area contributed by atoms with Gasteiger partial charge in [0.15, 0.2) is 0 Å². The van der Waals surface area contributed by atoms with E-state index >= 15 is 0 Å². The summed E-state index contributed by atoms with van der Waals surface area (Å²) in [5.74, 6) is -0.891. The summed E-state index contributed by atoms with van der Waals surface area (Å²) in [6.07, 6.45) is 2.01. The number of hydrogen-bond donors (Lipinski definition) is 2. The van der Waals surface area contributed by atoms with Crippen molar-refractivity contribution in [3.63, 3.8) is 0 Å². The Balaban J connectivity index is 1.93. The molecule has 1 aliphatic carbocycles. The minimum absolute atomic E-state index is 0.0844. The summed E-state index contributed by atoms with van der Waals surface area (Å²) in [6, 6.07) is 1.76. The van der Waals surface area contributed by atoms with Crippen molar-refractivity contribution >= 4 is 23.0 Å². The molecule has 3 rings (SSSR count). The van der Waals surface area contributed by atoms with Crippen LogP contribution in [0.15, 0.2) is 10.6 Å². The van der Waals surface area contributed by atoms with E-state index in [0.717, 1.165) is 18.5 Å². The van der Waals surface area contributed by atoms with Crippen LogP contribution >= 0.6 is 0 Å². The van der Waals surface area contributed by atoms with Crippen LogP contribution in [0.3, 0.4) is 0 Å². The van der Waals surface area contributed by atoms with Gasteiger partial charge >= 0.3 is 5.97 Å². The van der Waals surface area contributed by atoms with E-state index in [4.69, 9.17) is 9.63 Å². The number of hydrogen-bond acceptors (Lipinski definition) is 5. The van der Waals surface area contributed by atoms with Crippen LogP contribution in [-0.4, -0.2) is 33.7 Å². The molecule has 1 amide bonds. The van der Waals surface area contributed by atoms with Crippen LogP contribution in [-0.2, 0) is 4.79 Å². The number of pyridine rings is 1. The van der Waals surface area contributed by atoms with Gasteiger partial charge in [-0.15, -0.1) is 0 Å². The van der Waals surface area contributed by atoms with Crippen LogP contribution in [0.4, 0.5) is 0 Å². The average Bonchev–Trinajstić information content (AvgIpc) is 3.22. The zero-order valence-corrected chi connectivity index (χ0v) is 11.5. The molecule has 0 atom stereocenters. The van der Waals surface area contributed by atoms with Crippen molar-refractivity contribution < 1.29 is 19.2 Å². The number of nitrogens with one attached hydrogen (secondary N) is 1. The van der Waals surface area contributed by atoms with Gasteiger partial charge in [-0.2, -0.15) is 0 Å². The first-order chi connectivity index (χ1) is 10.1. The van der Waals surface area contributed by atoms with Gasteiger partial charge in [0.2, 0.25) is 0 Å². The highest BCUT2D eigenvalue weighted by molar-refractivity contribution is 6.06. The van der Waals surface area contributed by atoms with Crippen molar-refractivity contribution in [2.45, 2.75) is 32.1 Å². The molecule has 2 N–H and O–H groups in total. The third-order valence-electron chi connectivity index (χ3n) is 3.50. The highest BCUT2D eigenvalue weighted by atomic mass is 16.5. The minimum atomic E-state index is -0.949. The summed E-state index contributed by atoms with van der Waals surface area (Å²) in [6.45, 7) is 1.83. The summed E-state index contributed by atoms with van der Waals surface area (Å²) < 4.78 is 5.17. The number of aromatic nitrogens is 2. The fraction of sp³-hybridized carbons (Fsp3) is 0.429. The fourth-order valence-corrected chi connectivity index (χ4v) is 2.26. The molecule has 7 nitrogen and oxygen atoms in total. The van der Waals surface area contributed by atoms with Crippen molar-refractivity contribution in [1.29, 1.82) is 0 Å². The number of aryl methyl sites for hydroxylation is 1. The number of amides is 1. The highest BCUT2D eigenvalue weighted by Gasteiger charge is 2.28. The van der Waals surface area contributed by atoms with Crippen LogP contribution in [0.2, 0.25) is 0 Å². The first kappa shape index (κ1) is 13.5. The zero-order valence-electron chi connectivity index (χ0n) is 11.5. The molecule has 0 radical (unpaired) electrons. The van der Waals surface area contributed by atoms with Crippen molar-refractivity contribution in [2.75, 3.05) is 6.54 Å². The number of carbonyl (C=O) groups is 2. The van der Waals surface area contributed by atoms with Crippen LogP contribution in [0.5, 0.6) is 0 Å². The maximum atomic E-state index is 12.3. The molecular formula is C14H15N3O4. The predicted molar refractivity (Wildman–Crippen MR) is 73.1 cm³/mol. The van der Waals surface area contributed by atoms with E-state index in [2.05, 4.69) is 15.5 Å². The van der Waals surface area contributed by atoms with E-state index in [9.17, 15) is 9.59 Å². The number of carboxylic acid groups (broad SMARTS) is 1. The Bertz CT molecular complexity index is 718. The van der Waals surface area contributed by atoms with Crippen LogP contribution in [0.25, 0.3) is 11.1 Å². The fourth-order valence-electron chi connectivity index (χ4n) is 2.26. The van der Waals surface area contributed by atoms with Crippen LogP contribution in [0, 0.1) is 6.92 Å². The maximum Gasteiger partial charge on any atom is 0.305 e. The zero-order chi connectivity index (χ0) is 15.0. The lowest BCUT2D eigenvalue weighted by Gasteiger charge is -2.06. The number of aliphatic carboxylic acids is 1. The molecule has 0 spiro atoms. The quantitative estimate of drug-likeness (QED) is 0.866. The topological polar surface area (TPSA) is 105 Å². The average molecular weight is 289 g/mol. The molecule has 0 unspecified atom stereocenters. The van der Waals surface area contributed by atoms with E-state index in [1.807, 2.05) is 0 Å².